The molecule has 0 spiro atoms. The van der Waals surface area contributed by atoms with Crippen molar-refractivity contribution in [1.29, 1.82) is 0 Å². The topological polar surface area (TPSA) is 141 Å². The Bertz CT molecular complexity index is 1960. The zero-order valence-electron chi connectivity index (χ0n) is 28.8. The summed E-state index contributed by atoms with van der Waals surface area (Å²) < 4.78 is 1.96. The van der Waals surface area contributed by atoms with E-state index in [0.717, 1.165) is 57.9 Å². The highest BCUT2D eigenvalue weighted by Crippen LogP contribution is 2.42. The van der Waals surface area contributed by atoms with Crippen LogP contribution in [0.2, 0.25) is 0 Å². The van der Waals surface area contributed by atoms with E-state index in [1.807, 2.05) is 60.1 Å². The number of aliphatic hydroxyl groups is 1. The molecule has 0 aliphatic heterocycles. The summed E-state index contributed by atoms with van der Waals surface area (Å²) in [6.07, 6.45) is 13.1. The molecule has 2 saturated carbocycles. The molecule has 0 saturated heterocycles. The lowest BCUT2D eigenvalue weighted by molar-refractivity contribution is -0.128. The van der Waals surface area contributed by atoms with Gasteiger partial charge in [0.1, 0.15) is 12.4 Å². The van der Waals surface area contributed by atoms with Crippen molar-refractivity contribution >= 4 is 45.9 Å². The van der Waals surface area contributed by atoms with E-state index >= 15 is 0 Å². The lowest BCUT2D eigenvalue weighted by Crippen LogP contribution is -2.36. The van der Waals surface area contributed by atoms with Gasteiger partial charge in [-0.3, -0.25) is 14.6 Å². The molecule has 1 aromatic carbocycles. The minimum atomic E-state index is -0.824. The van der Waals surface area contributed by atoms with Crippen LogP contribution in [0, 0.1) is 6.92 Å². The average Bonchev–Trinajstić information content (AvgIpc) is 4.01. The number of aryl methyl sites for hydroxylation is 1. The number of carbonyl (C=O) groups is 2. The van der Waals surface area contributed by atoms with E-state index in [2.05, 4.69) is 31.8 Å². The maximum atomic E-state index is 12.4. The molecule has 2 amide bonds. The molecular weight excluding hydrogens is 618 g/mol. The molecule has 0 atom stereocenters. The van der Waals surface area contributed by atoms with Gasteiger partial charge < -0.3 is 29.9 Å². The van der Waals surface area contributed by atoms with Crippen LogP contribution in [-0.4, -0.2) is 79.4 Å². The molecular formula is C37H45N9O3. The standard InChI is InChI=1S/C29H35N7O3.C8H10N2/c1-29(2,39)17-32-24-9-10-30-25-12-21(7-8-23(24)25)31-13-22-15-35-14-20(19-5-6-19)11-26(28(35)33-22)36(18-37)16-27(38)34(3)4;1-6-4-5-9-8(10-6)7-2-3-7/h7-12,14-15,18-19,31,39H,5-6,13,16-17H2,1-4H3,(H,30,32);4-5,7H,2-3H2,1H3. The number of imidazole rings is 1. The number of aromatic nitrogens is 5. The van der Waals surface area contributed by atoms with Crippen molar-refractivity contribution in [3.05, 3.63) is 84.0 Å². The predicted octanol–water partition coefficient (Wildman–Crippen LogP) is 5.27. The van der Waals surface area contributed by atoms with Crippen LogP contribution in [0.25, 0.3) is 16.6 Å². The number of hydrogen-bond donors (Lipinski definition) is 3. The van der Waals surface area contributed by atoms with Crippen LogP contribution in [0.15, 0.2) is 61.2 Å². The Kier molecular flexibility index (Phi) is 9.77. The van der Waals surface area contributed by atoms with E-state index in [-0.39, 0.29) is 12.5 Å². The van der Waals surface area contributed by atoms with Crippen LogP contribution in [-0.2, 0) is 16.1 Å². The summed E-state index contributed by atoms with van der Waals surface area (Å²) in [6, 6.07) is 11.8. The molecule has 49 heavy (non-hydrogen) atoms. The van der Waals surface area contributed by atoms with Crippen LogP contribution in [0.5, 0.6) is 0 Å². The monoisotopic (exact) mass is 663 g/mol. The van der Waals surface area contributed by atoms with Gasteiger partial charge >= 0.3 is 0 Å². The molecule has 3 N–H and O–H groups in total. The second kappa shape index (κ2) is 14.2. The number of benzene rings is 1. The van der Waals surface area contributed by atoms with E-state index in [0.29, 0.717) is 42.7 Å². The fourth-order valence-corrected chi connectivity index (χ4v) is 5.48. The summed E-state index contributed by atoms with van der Waals surface area (Å²) in [5.74, 6) is 2.04. The van der Waals surface area contributed by atoms with Crippen LogP contribution in [0.4, 0.5) is 17.1 Å². The van der Waals surface area contributed by atoms with Gasteiger partial charge in [0, 0.05) is 73.8 Å². The number of amides is 2. The molecule has 0 unspecified atom stereocenters. The van der Waals surface area contributed by atoms with Crippen molar-refractivity contribution in [2.45, 2.75) is 70.4 Å². The highest BCUT2D eigenvalue weighted by Gasteiger charge is 2.27. The van der Waals surface area contributed by atoms with Crippen molar-refractivity contribution in [3.8, 4) is 0 Å². The van der Waals surface area contributed by atoms with Gasteiger partial charge in [0.25, 0.3) is 0 Å². The van der Waals surface area contributed by atoms with E-state index in [9.17, 15) is 14.7 Å². The number of fused-ring (bicyclic) bond motifs is 2. The van der Waals surface area contributed by atoms with Crippen LogP contribution in [0.1, 0.15) is 74.1 Å². The van der Waals surface area contributed by atoms with E-state index in [1.165, 1.54) is 22.6 Å². The van der Waals surface area contributed by atoms with Gasteiger partial charge in [-0.2, -0.15) is 0 Å². The van der Waals surface area contributed by atoms with Crippen molar-refractivity contribution < 1.29 is 14.7 Å². The van der Waals surface area contributed by atoms with E-state index in [1.54, 1.807) is 34.1 Å². The second-order valence-corrected chi connectivity index (χ2v) is 13.9. The molecule has 5 aromatic rings. The Morgan fingerprint density at radius 2 is 1.76 bits per heavy atom. The van der Waals surface area contributed by atoms with Gasteiger partial charge in [0.15, 0.2) is 5.65 Å². The minimum absolute atomic E-state index is 0.0442. The maximum Gasteiger partial charge on any atom is 0.242 e. The molecule has 12 heteroatoms. The number of hydrogen-bond acceptors (Lipinski definition) is 9. The third-order valence-corrected chi connectivity index (χ3v) is 8.58. The number of anilines is 3. The largest absolute Gasteiger partial charge is 0.389 e. The quantitative estimate of drug-likeness (QED) is 0.152. The molecule has 0 radical (unpaired) electrons. The highest BCUT2D eigenvalue weighted by atomic mass is 16.3. The first kappa shape index (κ1) is 33.8. The summed E-state index contributed by atoms with van der Waals surface area (Å²) in [6.45, 7) is 6.39. The van der Waals surface area contributed by atoms with E-state index < -0.39 is 5.60 Å². The third-order valence-electron chi connectivity index (χ3n) is 8.58. The zero-order chi connectivity index (χ0) is 34.7. The molecule has 2 aliphatic carbocycles. The summed E-state index contributed by atoms with van der Waals surface area (Å²) in [4.78, 5) is 45.2. The zero-order valence-corrected chi connectivity index (χ0v) is 28.8. The lowest BCUT2D eigenvalue weighted by Gasteiger charge is -2.20. The normalized spacial score (nSPS) is 14.2. The number of nitrogens with one attached hydrogen (secondary N) is 2. The van der Waals surface area contributed by atoms with Gasteiger partial charge in [-0.05, 0) is 94.3 Å². The van der Waals surface area contributed by atoms with Gasteiger partial charge in [-0.1, -0.05) is 0 Å². The maximum absolute atomic E-state index is 12.4. The molecule has 0 bridgehead atoms. The van der Waals surface area contributed by atoms with Crippen LogP contribution in [0.3, 0.4) is 0 Å². The molecule has 2 aliphatic rings. The van der Waals surface area contributed by atoms with Gasteiger partial charge in [-0.25, -0.2) is 15.0 Å². The number of rotatable bonds is 12. The van der Waals surface area contributed by atoms with E-state index in [4.69, 9.17) is 4.98 Å². The summed E-state index contributed by atoms with van der Waals surface area (Å²) in [5.41, 5.74) is 6.13. The first-order chi connectivity index (χ1) is 23.5. The Balaban J connectivity index is 0.000000353. The lowest BCUT2D eigenvalue weighted by atomic mass is 10.1. The fourth-order valence-electron chi connectivity index (χ4n) is 5.48. The number of carbonyl (C=O) groups excluding carboxylic acids is 2. The van der Waals surface area contributed by atoms with Gasteiger partial charge in [-0.15, -0.1) is 0 Å². The SMILES string of the molecule is CN(C)C(=O)CN(C=O)c1cc(C2CC2)cn2cc(CNc3ccc4c(NCC(C)(C)O)ccnc4c3)nc12.Cc1ccnc(C2CC2)n1. The van der Waals surface area contributed by atoms with Crippen molar-refractivity contribution in [2.24, 2.45) is 0 Å². The molecule has 256 valence electrons. The molecule has 2 fully saturated rings. The first-order valence-corrected chi connectivity index (χ1v) is 16.8. The number of nitrogens with zero attached hydrogens (tertiary/aromatic N) is 7. The molecule has 7 rings (SSSR count). The second-order valence-electron chi connectivity index (χ2n) is 13.9. The summed E-state index contributed by atoms with van der Waals surface area (Å²) in [7, 11) is 3.35. The van der Waals surface area contributed by atoms with Crippen LogP contribution < -0.4 is 15.5 Å². The first-order valence-electron chi connectivity index (χ1n) is 16.8. The Hall–Kier alpha value is -5.10. The highest BCUT2D eigenvalue weighted by molar-refractivity contribution is 5.93. The van der Waals surface area contributed by atoms with Crippen LogP contribution >= 0.6 is 0 Å². The Morgan fingerprint density at radius 1 is 1.00 bits per heavy atom. The minimum Gasteiger partial charge on any atom is -0.389 e. The summed E-state index contributed by atoms with van der Waals surface area (Å²) in [5, 5.41) is 17.8. The van der Waals surface area contributed by atoms with Crippen molar-refractivity contribution in [3.63, 3.8) is 0 Å². The molecule has 4 aromatic heterocycles. The predicted molar refractivity (Wildman–Crippen MR) is 192 cm³/mol. The average molecular weight is 664 g/mol. The molecule has 4 heterocycles. The summed E-state index contributed by atoms with van der Waals surface area (Å²) >= 11 is 0. The van der Waals surface area contributed by atoms with Crippen molar-refractivity contribution in [2.75, 3.05) is 42.7 Å². The van der Waals surface area contributed by atoms with Gasteiger partial charge in [0.05, 0.1) is 29.0 Å². The van der Waals surface area contributed by atoms with Crippen molar-refractivity contribution in [1.82, 2.24) is 29.2 Å². The Labute approximate surface area is 286 Å². The molecule has 12 nitrogen and oxygen atoms in total. The third kappa shape index (κ3) is 8.69. The van der Waals surface area contributed by atoms with Gasteiger partial charge in [0.2, 0.25) is 12.3 Å². The fraction of sp³-hybridized carbons (Fsp3) is 0.405. The number of likely N-dealkylation sites (N-methyl/N-ethyl adjacent to an activating group) is 1. The number of pyridine rings is 2. The smallest absolute Gasteiger partial charge is 0.242 e. The Morgan fingerprint density at radius 3 is 2.43 bits per heavy atom.